The number of anilines is 1. The molecule has 0 saturated heterocycles. The first-order valence-corrected chi connectivity index (χ1v) is 15.8. The smallest absolute Gasteiger partial charge is 0.393 e. The first-order valence-electron chi connectivity index (χ1n) is 14.3. The van der Waals surface area contributed by atoms with Crippen molar-refractivity contribution in [1.29, 1.82) is 0 Å². The van der Waals surface area contributed by atoms with Crippen LogP contribution >= 0.6 is 0 Å². The molecule has 1 aromatic rings. The first-order chi connectivity index (χ1) is 19.3. The molecule has 3 aliphatic rings. The quantitative estimate of drug-likeness (QED) is 0.0959. The van der Waals surface area contributed by atoms with Crippen molar-refractivity contribution in [1.82, 2.24) is 0 Å². The third kappa shape index (κ3) is 5.82. The Hall–Kier alpha value is -1.83. The number of nitrogens with one attached hydrogen (secondary N) is 1. The lowest BCUT2D eigenvalue weighted by Crippen LogP contribution is -2.56. The number of hydrogen-bond donors (Lipinski definition) is 4. The van der Waals surface area contributed by atoms with Gasteiger partial charge in [-0.05, 0) is 103 Å². The molecule has 42 heavy (non-hydrogen) atoms. The van der Waals surface area contributed by atoms with Gasteiger partial charge >= 0.3 is 22.7 Å². The van der Waals surface area contributed by atoms with Crippen molar-refractivity contribution in [3.8, 4) is 0 Å². The van der Waals surface area contributed by atoms with Crippen LogP contribution in [0.2, 0.25) is 0 Å². The van der Waals surface area contributed by atoms with Gasteiger partial charge in [0.1, 0.15) is 0 Å². The third-order valence-corrected chi connectivity index (χ3v) is 10.9. The van der Waals surface area contributed by atoms with Gasteiger partial charge in [-0.3, -0.25) is 9.27 Å². The number of hydrogen-bond acceptors (Lipinski definition) is 4. The fraction of sp³-hybridized carbons (Fsp3) is 0.724. The summed E-state index contributed by atoms with van der Waals surface area (Å²) < 4.78 is 112. The topological polar surface area (TPSA) is 107 Å². The predicted octanol–water partition coefficient (Wildman–Crippen LogP) is 7.10. The van der Waals surface area contributed by atoms with Crippen LogP contribution in [0.15, 0.2) is 30.9 Å². The fourth-order valence-electron chi connectivity index (χ4n) is 8.50. The van der Waals surface area contributed by atoms with Gasteiger partial charge < -0.3 is 10.2 Å². The highest BCUT2D eigenvalue weighted by molar-refractivity contribution is 7.87. The number of rotatable bonds is 10. The third-order valence-electron chi connectivity index (χ3n) is 10.4. The molecule has 0 heterocycles. The molecule has 3 unspecified atom stereocenters. The van der Waals surface area contributed by atoms with E-state index in [0.717, 1.165) is 24.0 Å². The highest BCUT2D eigenvalue weighted by atomic mass is 32.2. The molecule has 4 N–H and O–H groups in total. The summed E-state index contributed by atoms with van der Waals surface area (Å²) in [6.45, 7) is 6.31. The standard InChI is InChI=1S/C29H39F6NO5S/c1-3-26-15-13-18-16-20(36-42(39,40)41)9-10-21(18)24(26)19(17-25(2)22(26)11-12-23(25)37)8-6-4-5-7-14-27(38,28(30,31)32)29(33,34)35/h3,9-10,16,19,22-24,36-38H,1,4-8,11-15,17H2,2H3,(H,39,40,41)/t19-,22?,23-,24?,25-,26?/m0/s1. The monoisotopic (exact) mass is 627 g/mol. The van der Waals surface area contributed by atoms with E-state index < -0.39 is 47.2 Å². The van der Waals surface area contributed by atoms with E-state index in [0.29, 0.717) is 38.5 Å². The van der Waals surface area contributed by atoms with Gasteiger partial charge in [0.2, 0.25) is 0 Å². The van der Waals surface area contributed by atoms with E-state index in [2.05, 4.69) is 18.2 Å². The molecule has 2 saturated carbocycles. The number of unbranched alkanes of at least 4 members (excludes halogenated alkanes) is 3. The molecule has 3 aliphatic carbocycles. The van der Waals surface area contributed by atoms with E-state index in [4.69, 9.17) is 0 Å². The van der Waals surface area contributed by atoms with Crippen LogP contribution in [0.4, 0.5) is 32.0 Å². The Labute approximate surface area is 242 Å². The van der Waals surface area contributed by atoms with Gasteiger partial charge in [0.25, 0.3) is 5.60 Å². The molecule has 4 rings (SSSR count). The number of aryl methyl sites for hydroxylation is 1. The van der Waals surface area contributed by atoms with Crippen molar-refractivity contribution in [2.75, 3.05) is 4.72 Å². The summed E-state index contributed by atoms with van der Waals surface area (Å²) in [5.74, 6) is 0.158. The number of allylic oxidation sites excluding steroid dienone is 1. The highest BCUT2D eigenvalue weighted by Gasteiger charge is 2.69. The second-order valence-corrected chi connectivity index (χ2v) is 13.9. The second-order valence-electron chi connectivity index (χ2n) is 12.7. The fourth-order valence-corrected chi connectivity index (χ4v) is 8.93. The Morgan fingerprint density at radius 3 is 2.31 bits per heavy atom. The average Bonchev–Trinajstić information content (AvgIpc) is 3.17. The van der Waals surface area contributed by atoms with Gasteiger partial charge in [0, 0.05) is 0 Å². The van der Waals surface area contributed by atoms with Crippen LogP contribution < -0.4 is 4.72 Å². The van der Waals surface area contributed by atoms with Crippen molar-refractivity contribution >= 4 is 16.0 Å². The van der Waals surface area contributed by atoms with Gasteiger partial charge in [0.15, 0.2) is 0 Å². The maximum absolute atomic E-state index is 13.0. The Kier molecular flexibility index (Phi) is 8.87. The summed E-state index contributed by atoms with van der Waals surface area (Å²) in [5, 5.41) is 20.5. The molecule has 2 fully saturated rings. The summed E-state index contributed by atoms with van der Waals surface area (Å²) >= 11 is 0. The van der Waals surface area contributed by atoms with Crippen molar-refractivity contribution in [2.45, 2.75) is 108 Å². The molecule has 0 aliphatic heterocycles. The molecule has 0 bridgehead atoms. The Morgan fingerprint density at radius 2 is 1.71 bits per heavy atom. The second kappa shape index (κ2) is 11.3. The number of alkyl halides is 6. The molecule has 0 amide bonds. The van der Waals surface area contributed by atoms with Gasteiger partial charge in [0.05, 0.1) is 11.8 Å². The largest absolute Gasteiger partial charge is 0.426 e. The highest BCUT2D eigenvalue weighted by Crippen LogP contribution is 2.69. The van der Waals surface area contributed by atoms with Crippen LogP contribution in [0.1, 0.15) is 88.2 Å². The normalized spacial score (nSPS) is 31.7. The summed E-state index contributed by atoms with van der Waals surface area (Å²) in [6, 6.07) is 5.14. The van der Waals surface area contributed by atoms with Crippen LogP contribution in [0.3, 0.4) is 0 Å². The lowest BCUT2D eigenvalue weighted by molar-refractivity contribution is -0.370. The molecule has 1 aromatic carbocycles. The van der Waals surface area contributed by atoms with E-state index in [-0.39, 0.29) is 40.7 Å². The maximum atomic E-state index is 13.0. The number of benzene rings is 1. The number of aliphatic hydroxyl groups excluding tert-OH is 1. The number of halogens is 6. The summed E-state index contributed by atoms with van der Waals surface area (Å²) in [6.07, 6.45) is -6.89. The van der Waals surface area contributed by atoms with E-state index in [9.17, 15) is 49.5 Å². The van der Waals surface area contributed by atoms with E-state index in [1.165, 1.54) is 0 Å². The number of aliphatic hydroxyl groups is 2. The van der Waals surface area contributed by atoms with Crippen molar-refractivity contribution in [3.05, 3.63) is 42.0 Å². The van der Waals surface area contributed by atoms with E-state index in [1.54, 1.807) is 12.1 Å². The van der Waals surface area contributed by atoms with Crippen LogP contribution in [0, 0.1) is 22.7 Å². The lowest BCUT2D eigenvalue weighted by atomic mass is 9.44. The van der Waals surface area contributed by atoms with Gasteiger partial charge in [-0.1, -0.05) is 38.3 Å². The molecule has 0 radical (unpaired) electrons. The van der Waals surface area contributed by atoms with Crippen molar-refractivity contribution in [2.24, 2.45) is 22.7 Å². The van der Waals surface area contributed by atoms with Crippen molar-refractivity contribution in [3.63, 3.8) is 0 Å². The molecule has 0 spiro atoms. The molecular formula is C29H39F6NO5S. The van der Waals surface area contributed by atoms with Gasteiger partial charge in [-0.15, -0.1) is 6.58 Å². The maximum Gasteiger partial charge on any atom is 0.426 e. The van der Waals surface area contributed by atoms with Gasteiger partial charge in [-0.2, -0.15) is 34.8 Å². The summed E-state index contributed by atoms with van der Waals surface area (Å²) in [4.78, 5) is 0. The van der Waals surface area contributed by atoms with Crippen LogP contribution in [-0.2, 0) is 16.7 Å². The zero-order chi connectivity index (χ0) is 31.4. The number of fused-ring (bicyclic) bond motifs is 5. The first kappa shape index (κ1) is 33.1. The zero-order valence-corrected chi connectivity index (χ0v) is 24.3. The van der Waals surface area contributed by atoms with E-state index in [1.807, 2.05) is 12.1 Å². The minimum absolute atomic E-state index is 0.0255. The molecule has 13 heteroatoms. The SMILES string of the molecule is C=CC12CCc3cc(NS(=O)(=O)O)ccc3C1[C@@H](CCCCCCC(O)(C(F)(F)F)C(F)(F)F)C[C@@]1(C)C2CC[C@@H]1O. The molecule has 238 valence electrons. The zero-order valence-electron chi connectivity index (χ0n) is 23.4. The molecule has 0 aromatic heterocycles. The Balaban J connectivity index is 1.54. The molecule has 6 nitrogen and oxygen atoms in total. The predicted molar refractivity (Wildman–Crippen MR) is 145 cm³/mol. The van der Waals surface area contributed by atoms with Gasteiger partial charge in [-0.25, -0.2) is 0 Å². The Bertz CT molecular complexity index is 1250. The summed E-state index contributed by atoms with van der Waals surface area (Å²) in [7, 11) is -4.46. The van der Waals surface area contributed by atoms with Crippen LogP contribution in [-0.4, -0.2) is 47.2 Å². The molecular weight excluding hydrogens is 588 g/mol. The average molecular weight is 628 g/mol. The minimum atomic E-state index is -5.82. The van der Waals surface area contributed by atoms with E-state index >= 15 is 0 Å². The van der Waals surface area contributed by atoms with Crippen molar-refractivity contribution < 1.29 is 49.5 Å². The minimum Gasteiger partial charge on any atom is -0.393 e. The molecule has 6 atom stereocenters. The Morgan fingerprint density at radius 1 is 1.07 bits per heavy atom. The summed E-state index contributed by atoms with van der Waals surface area (Å²) in [5.41, 5.74) is -3.28. The van der Waals surface area contributed by atoms with Crippen LogP contribution in [0.25, 0.3) is 0 Å². The lowest BCUT2D eigenvalue weighted by Gasteiger charge is -2.60. The van der Waals surface area contributed by atoms with Crippen LogP contribution in [0.5, 0.6) is 0 Å².